The van der Waals surface area contributed by atoms with E-state index in [4.69, 9.17) is 5.73 Å². The number of carboxylic acid groups (broad SMARTS) is 1. The normalized spacial score (nSPS) is 14.6. The number of hydrogen-bond acceptors (Lipinski definition) is 2. The van der Waals surface area contributed by atoms with Gasteiger partial charge in [0.25, 0.3) is 0 Å². The van der Waals surface area contributed by atoms with Gasteiger partial charge < -0.3 is 10.8 Å². The summed E-state index contributed by atoms with van der Waals surface area (Å²) in [5, 5.41) is 9.29. The molecule has 3 nitrogen and oxygen atoms in total. The number of hydrogen-bond donors (Lipinski definition) is 2. The molecule has 3 heteroatoms. The van der Waals surface area contributed by atoms with Crippen molar-refractivity contribution < 1.29 is 9.90 Å². The van der Waals surface area contributed by atoms with Gasteiger partial charge in [-0.2, -0.15) is 0 Å². The zero-order chi connectivity index (χ0) is 11.5. The van der Waals surface area contributed by atoms with Crippen molar-refractivity contribution in [1.82, 2.24) is 0 Å². The summed E-state index contributed by atoms with van der Waals surface area (Å²) < 4.78 is 0. The highest BCUT2D eigenvalue weighted by molar-refractivity contribution is 5.81. The first-order valence-electron chi connectivity index (χ1n) is 5.07. The van der Waals surface area contributed by atoms with Crippen LogP contribution in [0.4, 0.5) is 0 Å². The van der Waals surface area contributed by atoms with Gasteiger partial charge in [-0.25, -0.2) is 0 Å². The first-order valence-corrected chi connectivity index (χ1v) is 5.07. The van der Waals surface area contributed by atoms with E-state index in [9.17, 15) is 9.90 Å². The summed E-state index contributed by atoms with van der Waals surface area (Å²) in [4.78, 5) is 11.3. The molecule has 1 unspecified atom stereocenters. The molecule has 0 aliphatic rings. The minimum absolute atomic E-state index is 0.127. The second-order valence-electron chi connectivity index (χ2n) is 3.81. The Hall–Kier alpha value is -1.35. The van der Waals surface area contributed by atoms with E-state index in [-0.39, 0.29) is 6.54 Å². The maximum absolute atomic E-state index is 11.3. The van der Waals surface area contributed by atoms with Crippen LogP contribution in [-0.4, -0.2) is 17.6 Å². The minimum Gasteiger partial charge on any atom is -0.481 e. The predicted octanol–water partition coefficient (Wildman–Crippen LogP) is 1.69. The molecule has 1 aromatic carbocycles. The van der Waals surface area contributed by atoms with Gasteiger partial charge in [-0.15, -0.1) is 0 Å². The fraction of sp³-hybridized carbons (Fsp3) is 0.417. The molecule has 0 saturated heterocycles. The fourth-order valence-corrected chi connectivity index (χ4v) is 1.77. The largest absolute Gasteiger partial charge is 0.481 e. The van der Waals surface area contributed by atoms with Crippen LogP contribution in [0.25, 0.3) is 0 Å². The molecule has 1 rings (SSSR count). The van der Waals surface area contributed by atoms with Gasteiger partial charge in [-0.1, -0.05) is 36.8 Å². The molecule has 1 aromatic rings. The van der Waals surface area contributed by atoms with Crippen molar-refractivity contribution in [2.75, 3.05) is 6.54 Å². The third-order valence-electron chi connectivity index (χ3n) is 2.93. The Morgan fingerprint density at radius 1 is 1.53 bits per heavy atom. The molecule has 82 valence electrons. The highest BCUT2D eigenvalue weighted by Crippen LogP contribution is 2.27. The second kappa shape index (κ2) is 4.45. The Morgan fingerprint density at radius 3 is 2.60 bits per heavy atom. The van der Waals surface area contributed by atoms with Crippen molar-refractivity contribution in [2.24, 2.45) is 5.73 Å². The van der Waals surface area contributed by atoms with Crippen LogP contribution in [0.15, 0.2) is 24.3 Å². The van der Waals surface area contributed by atoms with Gasteiger partial charge in [0.2, 0.25) is 0 Å². The van der Waals surface area contributed by atoms with Crippen LogP contribution in [0, 0.1) is 6.92 Å². The van der Waals surface area contributed by atoms with Gasteiger partial charge in [0, 0.05) is 6.54 Å². The number of carbonyl (C=O) groups is 1. The Labute approximate surface area is 89.9 Å². The first kappa shape index (κ1) is 11.7. The van der Waals surface area contributed by atoms with E-state index < -0.39 is 11.4 Å². The average molecular weight is 207 g/mol. The van der Waals surface area contributed by atoms with Gasteiger partial charge in [0.15, 0.2) is 0 Å². The van der Waals surface area contributed by atoms with E-state index in [1.807, 2.05) is 38.1 Å². The molecule has 0 aliphatic carbocycles. The summed E-state index contributed by atoms with van der Waals surface area (Å²) in [7, 11) is 0. The molecule has 0 heterocycles. The fourth-order valence-electron chi connectivity index (χ4n) is 1.77. The van der Waals surface area contributed by atoms with Crippen molar-refractivity contribution in [1.29, 1.82) is 0 Å². The van der Waals surface area contributed by atoms with E-state index in [1.54, 1.807) is 0 Å². The zero-order valence-electron chi connectivity index (χ0n) is 9.16. The van der Waals surface area contributed by atoms with Gasteiger partial charge in [-0.05, 0) is 18.9 Å². The number of aliphatic carboxylic acids is 1. The van der Waals surface area contributed by atoms with Gasteiger partial charge in [-0.3, -0.25) is 4.79 Å². The van der Waals surface area contributed by atoms with Crippen LogP contribution in [0.1, 0.15) is 24.5 Å². The molecule has 0 amide bonds. The average Bonchev–Trinajstić information content (AvgIpc) is 2.20. The van der Waals surface area contributed by atoms with E-state index in [1.165, 1.54) is 0 Å². The monoisotopic (exact) mass is 207 g/mol. The third kappa shape index (κ3) is 2.02. The van der Waals surface area contributed by atoms with Crippen molar-refractivity contribution >= 4 is 5.97 Å². The van der Waals surface area contributed by atoms with E-state index in [0.29, 0.717) is 6.42 Å². The van der Waals surface area contributed by atoms with Gasteiger partial charge in [0.1, 0.15) is 5.41 Å². The molecule has 0 saturated carbocycles. The SMILES string of the molecule is CCC(CN)(C(=O)O)c1cccc(C)c1. The zero-order valence-corrected chi connectivity index (χ0v) is 9.16. The van der Waals surface area contributed by atoms with Gasteiger partial charge >= 0.3 is 5.97 Å². The summed E-state index contributed by atoms with van der Waals surface area (Å²) in [5.41, 5.74) is 6.53. The van der Waals surface area contributed by atoms with Crippen LogP contribution in [0.2, 0.25) is 0 Å². The lowest BCUT2D eigenvalue weighted by molar-refractivity contribution is -0.143. The molecule has 0 aromatic heterocycles. The van der Waals surface area contributed by atoms with Crippen LogP contribution in [0.5, 0.6) is 0 Å². The Morgan fingerprint density at radius 2 is 2.20 bits per heavy atom. The van der Waals surface area contributed by atoms with Crippen molar-refractivity contribution in [3.63, 3.8) is 0 Å². The lowest BCUT2D eigenvalue weighted by Gasteiger charge is -2.27. The molecule has 0 spiro atoms. The smallest absolute Gasteiger partial charge is 0.315 e. The molecule has 15 heavy (non-hydrogen) atoms. The standard InChI is InChI=1S/C12H17NO2/c1-3-12(8-13,11(14)15)10-6-4-5-9(2)7-10/h4-7H,3,8,13H2,1-2H3,(H,14,15). The first-order chi connectivity index (χ1) is 7.06. The predicted molar refractivity (Wildman–Crippen MR) is 59.8 cm³/mol. The molecular formula is C12H17NO2. The Balaban J connectivity index is 3.26. The van der Waals surface area contributed by atoms with Crippen LogP contribution < -0.4 is 5.73 Å². The lowest BCUT2D eigenvalue weighted by Crippen LogP contribution is -2.42. The maximum atomic E-state index is 11.3. The quantitative estimate of drug-likeness (QED) is 0.789. The summed E-state index contributed by atoms with van der Waals surface area (Å²) in [6.07, 6.45) is 0.502. The van der Waals surface area contributed by atoms with Crippen LogP contribution in [0.3, 0.4) is 0 Å². The molecule has 0 radical (unpaired) electrons. The van der Waals surface area contributed by atoms with E-state index >= 15 is 0 Å². The number of nitrogens with two attached hydrogens (primary N) is 1. The topological polar surface area (TPSA) is 63.3 Å². The minimum atomic E-state index is -0.938. The van der Waals surface area contributed by atoms with Crippen LogP contribution >= 0.6 is 0 Å². The Kier molecular flexibility index (Phi) is 3.48. The molecule has 0 bridgehead atoms. The van der Waals surface area contributed by atoms with Crippen molar-refractivity contribution in [3.05, 3.63) is 35.4 Å². The van der Waals surface area contributed by atoms with E-state index in [0.717, 1.165) is 11.1 Å². The second-order valence-corrected chi connectivity index (χ2v) is 3.81. The number of rotatable bonds is 4. The summed E-state index contributed by atoms with van der Waals surface area (Å²) in [6, 6.07) is 7.54. The summed E-state index contributed by atoms with van der Waals surface area (Å²) in [5.74, 6) is -0.849. The van der Waals surface area contributed by atoms with Crippen LogP contribution in [-0.2, 0) is 10.2 Å². The van der Waals surface area contributed by atoms with Gasteiger partial charge in [0.05, 0.1) is 0 Å². The maximum Gasteiger partial charge on any atom is 0.315 e. The summed E-state index contributed by atoms with van der Waals surface area (Å²) >= 11 is 0. The highest BCUT2D eigenvalue weighted by atomic mass is 16.4. The number of aryl methyl sites for hydroxylation is 1. The Bertz CT molecular complexity index is 356. The van der Waals surface area contributed by atoms with Crippen molar-refractivity contribution in [3.8, 4) is 0 Å². The lowest BCUT2D eigenvalue weighted by atomic mass is 9.78. The summed E-state index contributed by atoms with van der Waals surface area (Å²) in [6.45, 7) is 3.92. The molecule has 0 aliphatic heterocycles. The number of carboxylic acids is 1. The van der Waals surface area contributed by atoms with E-state index in [2.05, 4.69) is 0 Å². The highest BCUT2D eigenvalue weighted by Gasteiger charge is 2.37. The van der Waals surface area contributed by atoms with Crippen molar-refractivity contribution in [2.45, 2.75) is 25.7 Å². The number of benzene rings is 1. The molecule has 0 fully saturated rings. The third-order valence-corrected chi connectivity index (χ3v) is 2.93. The molecular weight excluding hydrogens is 190 g/mol. The molecule has 3 N–H and O–H groups in total. The molecule has 1 atom stereocenters.